The number of carbonyl (C=O) groups excluding carboxylic acids is 2. The Bertz CT molecular complexity index is 1030. The number of likely N-dealkylation sites (tertiary alicyclic amines) is 1. The van der Waals surface area contributed by atoms with Gasteiger partial charge >= 0.3 is 0 Å². The maximum atomic E-state index is 12.7. The Kier molecular flexibility index (Phi) is 7.51. The van der Waals surface area contributed by atoms with Gasteiger partial charge in [-0.15, -0.1) is 11.3 Å². The van der Waals surface area contributed by atoms with Gasteiger partial charge in [0.25, 0.3) is 0 Å². The van der Waals surface area contributed by atoms with E-state index in [9.17, 15) is 9.59 Å². The van der Waals surface area contributed by atoms with Crippen molar-refractivity contribution in [1.29, 1.82) is 0 Å². The van der Waals surface area contributed by atoms with Crippen molar-refractivity contribution in [3.05, 3.63) is 58.3 Å². The molecule has 0 atom stereocenters. The molecule has 3 aromatic rings. The number of rotatable bonds is 8. The lowest BCUT2D eigenvalue weighted by Gasteiger charge is -2.30. The quantitative estimate of drug-likeness (QED) is 0.525. The molecule has 8 nitrogen and oxygen atoms in total. The van der Waals surface area contributed by atoms with Gasteiger partial charge in [-0.1, -0.05) is 17.7 Å². The number of carbonyl (C=O) groups is 2. The monoisotopic (exact) mass is 472 g/mol. The highest BCUT2D eigenvalue weighted by atomic mass is 35.5. The van der Waals surface area contributed by atoms with Gasteiger partial charge < -0.3 is 10.6 Å². The van der Waals surface area contributed by atoms with Crippen LogP contribution in [0.4, 0.5) is 5.69 Å². The fourth-order valence-electron chi connectivity index (χ4n) is 3.79. The lowest BCUT2D eigenvalue weighted by atomic mass is 9.96. The van der Waals surface area contributed by atoms with Gasteiger partial charge in [-0.3, -0.25) is 14.5 Å². The number of aromatic nitrogens is 3. The van der Waals surface area contributed by atoms with Crippen molar-refractivity contribution >= 4 is 40.4 Å². The first kappa shape index (κ1) is 22.4. The third kappa shape index (κ3) is 5.93. The number of amides is 2. The predicted molar refractivity (Wildman–Crippen MR) is 125 cm³/mol. The molecule has 2 N–H and O–H groups in total. The Labute approximate surface area is 195 Å². The van der Waals surface area contributed by atoms with Crippen LogP contribution >= 0.6 is 22.9 Å². The average molecular weight is 473 g/mol. The van der Waals surface area contributed by atoms with E-state index in [1.807, 2.05) is 11.4 Å². The lowest BCUT2D eigenvalue weighted by molar-refractivity contribution is -0.126. The van der Waals surface area contributed by atoms with Crippen LogP contribution < -0.4 is 10.6 Å². The zero-order valence-corrected chi connectivity index (χ0v) is 19.1. The molecular formula is C22H25ClN6O2S. The van der Waals surface area contributed by atoms with Crippen molar-refractivity contribution in [3.63, 3.8) is 0 Å². The molecule has 1 aliphatic rings. The first-order chi connectivity index (χ1) is 15.6. The second-order valence-corrected chi connectivity index (χ2v) is 9.19. The zero-order chi connectivity index (χ0) is 22.3. The van der Waals surface area contributed by atoms with Crippen LogP contribution in [-0.4, -0.2) is 57.7 Å². The molecule has 2 amide bonds. The highest BCUT2D eigenvalue weighted by molar-refractivity contribution is 7.09. The van der Waals surface area contributed by atoms with Crippen LogP contribution in [0.1, 0.15) is 17.7 Å². The minimum Gasteiger partial charge on any atom is -0.355 e. The number of piperidine rings is 1. The molecule has 32 heavy (non-hydrogen) atoms. The number of halogens is 1. The summed E-state index contributed by atoms with van der Waals surface area (Å²) in [4.78, 5) is 32.4. The van der Waals surface area contributed by atoms with Gasteiger partial charge in [0.05, 0.1) is 17.9 Å². The molecule has 1 aromatic carbocycles. The van der Waals surface area contributed by atoms with E-state index in [1.165, 1.54) is 11.2 Å². The van der Waals surface area contributed by atoms with Crippen molar-refractivity contribution in [1.82, 2.24) is 25.0 Å². The van der Waals surface area contributed by atoms with Gasteiger partial charge in [0.1, 0.15) is 12.7 Å². The summed E-state index contributed by atoms with van der Waals surface area (Å²) in [6, 6.07) is 9.33. The summed E-state index contributed by atoms with van der Waals surface area (Å²) < 4.78 is 1.58. The predicted octanol–water partition coefficient (Wildman–Crippen LogP) is 2.99. The summed E-state index contributed by atoms with van der Waals surface area (Å²) in [5.74, 6) is -0.0148. The Hall–Kier alpha value is -2.75. The molecule has 1 saturated heterocycles. The van der Waals surface area contributed by atoms with Crippen molar-refractivity contribution in [3.8, 4) is 5.69 Å². The summed E-state index contributed by atoms with van der Waals surface area (Å²) in [5.41, 5.74) is 1.27. The van der Waals surface area contributed by atoms with E-state index in [1.54, 1.807) is 40.5 Å². The maximum Gasteiger partial charge on any atom is 0.238 e. The van der Waals surface area contributed by atoms with Gasteiger partial charge in [0.15, 0.2) is 0 Å². The molecule has 0 radical (unpaired) electrons. The number of nitrogens with one attached hydrogen (secondary N) is 2. The van der Waals surface area contributed by atoms with E-state index in [2.05, 4.69) is 31.7 Å². The highest BCUT2D eigenvalue weighted by Gasteiger charge is 2.26. The van der Waals surface area contributed by atoms with Gasteiger partial charge in [0.2, 0.25) is 11.8 Å². The fourth-order valence-corrected chi connectivity index (χ4v) is 4.68. The maximum absolute atomic E-state index is 12.7. The van der Waals surface area contributed by atoms with E-state index < -0.39 is 0 Å². The number of hydrogen-bond donors (Lipinski definition) is 2. The van der Waals surface area contributed by atoms with Crippen molar-refractivity contribution < 1.29 is 9.59 Å². The van der Waals surface area contributed by atoms with E-state index in [4.69, 9.17) is 11.6 Å². The highest BCUT2D eigenvalue weighted by Crippen LogP contribution is 2.24. The van der Waals surface area contributed by atoms with E-state index in [0.29, 0.717) is 36.0 Å². The van der Waals surface area contributed by atoms with Crippen molar-refractivity contribution in [2.75, 3.05) is 31.5 Å². The Morgan fingerprint density at radius 3 is 2.78 bits per heavy atom. The number of anilines is 1. The SMILES string of the molecule is O=C(CN1CCC(C(=O)NCCc2cccs2)CC1)Nc1cc(Cl)ccc1-n1cncn1. The van der Waals surface area contributed by atoms with E-state index in [0.717, 1.165) is 19.3 Å². The summed E-state index contributed by atoms with van der Waals surface area (Å²) in [6.45, 7) is 2.34. The van der Waals surface area contributed by atoms with E-state index >= 15 is 0 Å². The van der Waals surface area contributed by atoms with Gasteiger partial charge in [-0.25, -0.2) is 9.67 Å². The van der Waals surface area contributed by atoms with Crippen LogP contribution in [0.25, 0.3) is 5.69 Å². The smallest absolute Gasteiger partial charge is 0.238 e. The van der Waals surface area contributed by atoms with Crippen LogP contribution in [0.2, 0.25) is 5.02 Å². The molecule has 168 valence electrons. The van der Waals surface area contributed by atoms with Crippen LogP contribution in [-0.2, 0) is 16.0 Å². The second kappa shape index (κ2) is 10.7. The normalized spacial score (nSPS) is 14.9. The topological polar surface area (TPSA) is 92.2 Å². The first-order valence-corrected chi connectivity index (χ1v) is 11.8. The van der Waals surface area contributed by atoms with Crippen LogP contribution in [0.3, 0.4) is 0 Å². The second-order valence-electron chi connectivity index (χ2n) is 7.72. The van der Waals surface area contributed by atoms with Crippen LogP contribution in [0.5, 0.6) is 0 Å². The standard InChI is InChI=1S/C22H25ClN6O2S/c23-17-3-4-20(29-15-24-14-26-29)19(12-17)27-21(30)13-28-9-6-16(7-10-28)22(31)25-8-5-18-2-1-11-32-18/h1-4,11-12,14-16H,5-10,13H2,(H,25,31)(H,27,30). The minimum absolute atomic E-state index is 0.00416. The number of nitrogens with zero attached hydrogens (tertiary/aromatic N) is 4. The van der Waals surface area contributed by atoms with Gasteiger partial charge in [0, 0.05) is 22.4 Å². The average Bonchev–Trinajstić information content (AvgIpc) is 3.49. The molecule has 4 rings (SSSR count). The molecule has 2 aromatic heterocycles. The third-order valence-electron chi connectivity index (χ3n) is 5.47. The van der Waals surface area contributed by atoms with Crippen molar-refractivity contribution in [2.45, 2.75) is 19.3 Å². The van der Waals surface area contributed by atoms with E-state index in [-0.39, 0.29) is 24.3 Å². The minimum atomic E-state index is -0.132. The summed E-state index contributed by atoms with van der Waals surface area (Å²) in [5, 5.41) is 12.7. The van der Waals surface area contributed by atoms with Crippen LogP contribution in [0, 0.1) is 5.92 Å². The molecule has 0 saturated carbocycles. The Balaban J connectivity index is 1.24. The van der Waals surface area contributed by atoms with Crippen LogP contribution in [0.15, 0.2) is 48.4 Å². The summed E-state index contributed by atoms with van der Waals surface area (Å²) in [7, 11) is 0. The zero-order valence-electron chi connectivity index (χ0n) is 17.5. The number of hydrogen-bond acceptors (Lipinski definition) is 6. The molecule has 0 bridgehead atoms. The molecule has 10 heteroatoms. The molecule has 0 aliphatic carbocycles. The number of benzene rings is 1. The number of thiophene rings is 1. The molecule has 0 unspecified atom stereocenters. The Morgan fingerprint density at radius 1 is 1.22 bits per heavy atom. The van der Waals surface area contributed by atoms with Crippen molar-refractivity contribution in [2.24, 2.45) is 5.92 Å². The molecule has 1 fully saturated rings. The summed E-state index contributed by atoms with van der Waals surface area (Å²) in [6.07, 6.45) is 5.36. The largest absolute Gasteiger partial charge is 0.355 e. The fraction of sp³-hybridized carbons (Fsp3) is 0.364. The molecular weight excluding hydrogens is 448 g/mol. The summed E-state index contributed by atoms with van der Waals surface area (Å²) >= 11 is 7.83. The molecule has 0 spiro atoms. The van der Waals surface area contributed by atoms with Gasteiger partial charge in [-0.2, -0.15) is 5.10 Å². The van der Waals surface area contributed by atoms with Gasteiger partial charge in [-0.05, 0) is 62.0 Å². The lowest BCUT2D eigenvalue weighted by Crippen LogP contribution is -2.43. The first-order valence-electron chi connectivity index (χ1n) is 10.6. The molecule has 3 heterocycles. The Morgan fingerprint density at radius 2 is 2.06 bits per heavy atom. The molecule has 1 aliphatic heterocycles. The third-order valence-corrected chi connectivity index (χ3v) is 6.65.